The first-order valence-corrected chi connectivity index (χ1v) is 7.83. The Morgan fingerprint density at radius 2 is 1.29 bits per heavy atom. The summed E-state index contributed by atoms with van der Waals surface area (Å²) in [5.74, 6) is -1.98. The van der Waals surface area contributed by atoms with Gasteiger partial charge in [0.15, 0.2) is 0 Å². The smallest absolute Gasteiger partial charge is 0.320 e. The molecule has 0 saturated heterocycles. The first-order chi connectivity index (χ1) is 11.6. The average Bonchev–Trinajstić information content (AvgIpc) is 2.56. The van der Waals surface area contributed by atoms with Crippen molar-refractivity contribution in [3.8, 4) is 0 Å². The van der Waals surface area contributed by atoms with E-state index in [-0.39, 0.29) is 12.8 Å². The van der Waals surface area contributed by atoms with E-state index in [1.165, 1.54) is 0 Å². The molecule has 126 valence electrons. The fourth-order valence-electron chi connectivity index (χ4n) is 2.63. The van der Waals surface area contributed by atoms with E-state index in [4.69, 9.17) is 5.11 Å². The fourth-order valence-corrected chi connectivity index (χ4v) is 2.63. The SMILES string of the molecule is O=C(O)CC[C@@H](C(=O)O)N(Cc1ccccc1)Cc1ccccc1. The number of rotatable bonds is 9. The van der Waals surface area contributed by atoms with Crippen LogP contribution >= 0.6 is 0 Å². The lowest BCUT2D eigenvalue weighted by Crippen LogP contribution is -2.40. The monoisotopic (exact) mass is 327 g/mol. The van der Waals surface area contributed by atoms with Gasteiger partial charge in [0, 0.05) is 19.5 Å². The van der Waals surface area contributed by atoms with Crippen molar-refractivity contribution in [1.82, 2.24) is 4.90 Å². The normalized spacial score (nSPS) is 12.0. The highest BCUT2D eigenvalue weighted by Gasteiger charge is 2.26. The van der Waals surface area contributed by atoms with E-state index in [0.29, 0.717) is 13.1 Å². The first-order valence-electron chi connectivity index (χ1n) is 7.83. The minimum Gasteiger partial charge on any atom is -0.481 e. The second-order valence-corrected chi connectivity index (χ2v) is 5.66. The highest BCUT2D eigenvalue weighted by Crippen LogP contribution is 2.17. The van der Waals surface area contributed by atoms with Gasteiger partial charge in [0.1, 0.15) is 6.04 Å². The van der Waals surface area contributed by atoms with Crippen LogP contribution in [0.15, 0.2) is 60.7 Å². The summed E-state index contributed by atoms with van der Waals surface area (Å²) < 4.78 is 0. The molecule has 0 heterocycles. The third kappa shape index (κ3) is 5.52. The zero-order valence-corrected chi connectivity index (χ0v) is 13.3. The molecule has 0 aromatic heterocycles. The van der Waals surface area contributed by atoms with E-state index in [9.17, 15) is 14.7 Å². The number of aliphatic carboxylic acids is 2. The highest BCUT2D eigenvalue weighted by molar-refractivity contribution is 5.75. The third-order valence-corrected chi connectivity index (χ3v) is 3.81. The van der Waals surface area contributed by atoms with E-state index in [1.54, 1.807) is 0 Å². The number of hydrogen-bond donors (Lipinski definition) is 2. The second kappa shape index (κ2) is 8.84. The van der Waals surface area contributed by atoms with Crippen LogP contribution in [0, 0.1) is 0 Å². The number of benzene rings is 2. The van der Waals surface area contributed by atoms with E-state index >= 15 is 0 Å². The molecular formula is C19H21NO4. The van der Waals surface area contributed by atoms with Crippen LogP contribution < -0.4 is 0 Å². The Morgan fingerprint density at radius 3 is 1.67 bits per heavy atom. The summed E-state index contributed by atoms with van der Waals surface area (Å²) >= 11 is 0. The van der Waals surface area contributed by atoms with Gasteiger partial charge < -0.3 is 10.2 Å². The number of hydrogen-bond acceptors (Lipinski definition) is 3. The van der Waals surface area contributed by atoms with E-state index in [1.807, 2.05) is 65.6 Å². The summed E-state index contributed by atoms with van der Waals surface area (Å²) in [5.41, 5.74) is 1.99. The third-order valence-electron chi connectivity index (χ3n) is 3.81. The van der Waals surface area contributed by atoms with Gasteiger partial charge in [0.2, 0.25) is 0 Å². The lowest BCUT2D eigenvalue weighted by atomic mass is 10.1. The first kappa shape index (κ1) is 17.7. The van der Waals surface area contributed by atoms with Crippen molar-refractivity contribution >= 4 is 11.9 Å². The van der Waals surface area contributed by atoms with Crippen molar-refractivity contribution < 1.29 is 19.8 Å². The molecule has 5 heteroatoms. The summed E-state index contributed by atoms with van der Waals surface area (Å²) in [6.45, 7) is 0.901. The zero-order valence-electron chi connectivity index (χ0n) is 13.3. The maximum atomic E-state index is 11.7. The predicted octanol–water partition coefficient (Wildman–Crippen LogP) is 3.01. The number of carboxylic acid groups (broad SMARTS) is 2. The lowest BCUT2D eigenvalue weighted by molar-refractivity contribution is -0.145. The fraction of sp³-hybridized carbons (Fsp3) is 0.263. The Morgan fingerprint density at radius 1 is 0.833 bits per heavy atom. The standard InChI is InChI=1S/C19H21NO4/c21-18(22)12-11-17(19(23)24)20(13-15-7-3-1-4-8-15)14-16-9-5-2-6-10-16/h1-10,17H,11-14H2,(H,21,22)(H,23,24)/t17-/m0/s1. The molecular weight excluding hydrogens is 306 g/mol. The minimum atomic E-state index is -0.997. The zero-order chi connectivity index (χ0) is 17.4. The Labute approximate surface area is 141 Å². The van der Waals surface area contributed by atoms with Gasteiger partial charge in [0.05, 0.1) is 0 Å². The number of carboxylic acids is 2. The number of nitrogens with zero attached hydrogens (tertiary/aromatic N) is 1. The quantitative estimate of drug-likeness (QED) is 0.740. The molecule has 0 saturated carbocycles. The van der Waals surface area contributed by atoms with Gasteiger partial charge in [-0.3, -0.25) is 14.5 Å². The van der Waals surface area contributed by atoms with Crippen molar-refractivity contribution in [1.29, 1.82) is 0 Å². The molecule has 0 unspecified atom stereocenters. The van der Waals surface area contributed by atoms with Crippen molar-refractivity contribution in [2.75, 3.05) is 0 Å². The highest BCUT2D eigenvalue weighted by atomic mass is 16.4. The van der Waals surface area contributed by atoms with Crippen LogP contribution in [0.25, 0.3) is 0 Å². The molecule has 2 N–H and O–H groups in total. The van der Waals surface area contributed by atoms with Gasteiger partial charge in [0.25, 0.3) is 0 Å². The summed E-state index contributed by atoms with van der Waals surface area (Å²) in [7, 11) is 0. The van der Waals surface area contributed by atoms with Gasteiger partial charge in [-0.15, -0.1) is 0 Å². The summed E-state index contributed by atoms with van der Waals surface area (Å²) in [6.07, 6.45) is -0.0959. The van der Waals surface area contributed by atoms with Gasteiger partial charge in [-0.05, 0) is 17.5 Å². The molecule has 0 spiro atoms. The largest absolute Gasteiger partial charge is 0.481 e. The van der Waals surface area contributed by atoms with Gasteiger partial charge in [-0.1, -0.05) is 60.7 Å². The molecule has 2 aromatic carbocycles. The maximum Gasteiger partial charge on any atom is 0.320 e. The topological polar surface area (TPSA) is 77.8 Å². The van der Waals surface area contributed by atoms with E-state index < -0.39 is 18.0 Å². The molecule has 0 bridgehead atoms. The molecule has 0 aliphatic carbocycles. The minimum absolute atomic E-state index is 0.0737. The number of carbonyl (C=O) groups is 2. The Hall–Kier alpha value is -2.66. The van der Waals surface area contributed by atoms with Crippen LogP contribution in [0.4, 0.5) is 0 Å². The summed E-state index contributed by atoms with van der Waals surface area (Å²) in [6, 6.07) is 18.3. The van der Waals surface area contributed by atoms with Gasteiger partial charge in [-0.2, -0.15) is 0 Å². The van der Waals surface area contributed by atoms with E-state index in [2.05, 4.69) is 0 Å². The van der Waals surface area contributed by atoms with Crippen molar-refractivity contribution in [2.45, 2.75) is 32.0 Å². The van der Waals surface area contributed by atoms with Crippen LogP contribution in [-0.4, -0.2) is 33.1 Å². The second-order valence-electron chi connectivity index (χ2n) is 5.66. The molecule has 0 aliphatic heterocycles. The predicted molar refractivity (Wildman–Crippen MR) is 90.4 cm³/mol. The van der Waals surface area contributed by atoms with Crippen molar-refractivity contribution in [3.05, 3.63) is 71.8 Å². The maximum absolute atomic E-state index is 11.7. The molecule has 2 aromatic rings. The average molecular weight is 327 g/mol. The van der Waals surface area contributed by atoms with Crippen LogP contribution in [-0.2, 0) is 22.7 Å². The molecule has 0 fully saturated rings. The van der Waals surface area contributed by atoms with E-state index in [0.717, 1.165) is 11.1 Å². The van der Waals surface area contributed by atoms with Crippen molar-refractivity contribution in [2.24, 2.45) is 0 Å². The Bertz CT molecular complexity index is 616. The summed E-state index contributed by atoms with van der Waals surface area (Å²) in [4.78, 5) is 24.4. The lowest BCUT2D eigenvalue weighted by Gasteiger charge is -2.29. The molecule has 0 radical (unpaired) electrons. The van der Waals surface area contributed by atoms with Crippen molar-refractivity contribution in [3.63, 3.8) is 0 Å². The molecule has 0 amide bonds. The van der Waals surface area contributed by atoms with Crippen LogP contribution in [0.5, 0.6) is 0 Å². The molecule has 1 atom stereocenters. The molecule has 2 rings (SSSR count). The van der Waals surface area contributed by atoms with Crippen LogP contribution in [0.3, 0.4) is 0 Å². The Kier molecular flexibility index (Phi) is 6.51. The summed E-state index contributed by atoms with van der Waals surface area (Å²) in [5, 5.41) is 18.5. The molecule has 0 aliphatic rings. The molecule has 5 nitrogen and oxygen atoms in total. The van der Waals surface area contributed by atoms with Crippen LogP contribution in [0.2, 0.25) is 0 Å². The van der Waals surface area contributed by atoms with Gasteiger partial charge >= 0.3 is 11.9 Å². The molecule has 24 heavy (non-hydrogen) atoms. The Balaban J connectivity index is 2.21. The van der Waals surface area contributed by atoms with Gasteiger partial charge in [-0.25, -0.2) is 0 Å². The van der Waals surface area contributed by atoms with Crippen LogP contribution in [0.1, 0.15) is 24.0 Å².